The van der Waals surface area contributed by atoms with Crippen LogP contribution in [0.1, 0.15) is 25.5 Å². The fourth-order valence-corrected chi connectivity index (χ4v) is 3.59. The minimum atomic E-state index is -0.626. The maximum Gasteiger partial charge on any atom is 0.198 e. The van der Waals surface area contributed by atoms with Gasteiger partial charge in [-0.1, -0.05) is 0 Å². The number of allylic oxidation sites excluding steroid dienone is 2. The predicted molar refractivity (Wildman–Crippen MR) is 108 cm³/mol. The lowest BCUT2D eigenvalue weighted by atomic mass is 9.82. The monoisotopic (exact) mass is 402 g/mol. The van der Waals surface area contributed by atoms with E-state index in [1.54, 1.807) is 40.6 Å². The molecule has 2 aromatic rings. The van der Waals surface area contributed by atoms with E-state index in [9.17, 15) is 4.79 Å². The summed E-state index contributed by atoms with van der Waals surface area (Å²) < 4.78 is 33.4. The van der Waals surface area contributed by atoms with Crippen LogP contribution in [0.4, 0.5) is 0 Å². The Morgan fingerprint density at radius 2 is 1.69 bits per heavy atom. The Hall–Kier alpha value is -3.09. The Kier molecular flexibility index (Phi) is 5.77. The molecule has 0 spiro atoms. The Morgan fingerprint density at radius 1 is 0.931 bits per heavy atom. The second-order valence-corrected chi connectivity index (χ2v) is 6.97. The van der Waals surface area contributed by atoms with Gasteiger partial charge in [0.25, 0.3) is 0 Å². The van der Waals surface area contributed by atoms with Crippen LogP contribution in [-0.2, 0) is 19.6 Å². The molecule has 0 N–H and O–H groups in total. The summed E-state index contributed by atoms with van der Waals surface area (Å²) in [5.74, 6) is 3.19. The topological polar surface area (TPSA) is 76.4 Å². The molecule has 7 heteroatoms. The van der Waals surface area contributed by atoms with Crippen LogP contribution < -0.4 is 14.9 Å². The van der Waals surface area contributed by atoms with Gasteiger partial charge in [-0.25, -0.2) is 0 Å². The van der Waals surface area contributed by atoms with Crippen LogP contribution in [0.3, 0.4) is 0 Å². The zero-order valence-electron chi connectivity index (χ0n) is 17.6. The smallest absolute Gasteiger partial charge is 0.198 e. The van der Waals surface area contributed by atoms with E-state index < -0.39 is 5.41 Å². The van der Waals surface area contributed by atoms with Crippen molar-refractivity contribution in [2.24, 2.45) is 0 Å². The minimum Gasteiger partial charge on any atom is -0.497 e. The van der Waals surface area contributed by atoms with Gasteiger partial charge in [0.2, 0.25) is 0 Å². The summed E-state index contributed by atoms with van der Waals surface area (Å²) in [6.07, 6.45) is 3.12. The molecule has 1 atom stereocenters. The van der Waals surface area contributed by atoms with Crippen LogP contribution in [0.25, 0.3) is 11.0 Å². The van der Waals surface area contributed by atoms with Gasteiger partial charge in [0.1, 0.15) is 34.0 Å². The van der Waals surface area contributed by atoms with Crippen molar-refractivity contribution in [3.63, 3.8) is 0 Å². The normalized spacial score (nSPS) is 19.4. The van der Waals surface area contributed by atoms with Gasteiger partial charge in [-0.3, -0.25) is 4.79 Å². The summed E-state index contributed by atoms with van der Waals surface area (Å²) in [5.41, 5.74) is -0.419. The fourth-order valence-electron chi connectivity index (χ4n) is 3.59. The highest BCUT2D eigenvalue weighted by Gasteiger charge is 2.34. The third-order valence-electron chi connectivity index (χ3n) is 5.26. The number of benzene rings is 1. The lowest BCUT2D eigenvalue weighted by Crippen LogP contribution is -2.22. The Bertz CT molecular complexity index is 1030. The molecule has 0 amide bonds. The second-order valence-electron chi connectivity index (χ2n) is 6.97. The molecule has 0 fully saturated rings. The molecule has 7 nitrogen and oxygen atoms in total. The van der Waals surface area contributed by atoms with Gasteiger partial charge in [0.15, 0.2) is 16.9 Å². The number of fused-ring (bicyclic) bond motifs is 1. The molecule has 1 unspecified atom stereocenters. The van der Waals surface area contributed by atoms with Gasteiger partial charge in [0, 0.05) is 30.0 Å². The van der Waals surface area contributed by atoms with Crippen LogP contribution in [0.2, 0.25) is 0 Å². The summed E-state index contributed by atoms with van der Waals surface area (Å²) in [6, 6.07) is 4.85. The highest BCUT2D eigenvalue weighted by molar-refractivity contribution is 5.85. The first kappa shape index (κ1) is 20.6. The average Bonchev–Trinajstić information content (AvgIpc) is 2.88. The van der Waals surface area contributed by atoms with E-state index in [0.717, 1.165) is 0 Å². The van der Waals surface area contributed by atoms with Crippen molar-refractivity contribution in [2.45, 2.75) is 25.2 Å². The average molecular weight is 402 g/mol. The van der Waals surface area contributed by atoms with Crippen molar-refractivity contribution in [1.29, 1.82) is 0 Å². The van der Waals surface area contributed by atoms with Gasteiger partial charge < -0.3 is 28.1 Å². The van der Waals surface area contributed by atoms with Gasteiger partial charge in [-0.2, -0.15) is 0 Å². The van der Waals surface area contributed by atoms with Crippen LogP contribution in [0, 0.1) is 0 Å². The van der Waals surface area contributed by atoms with E-state index >= 15 is 0 Å². The minimum absolute atomic E-state index is 0.189. The first-order valence-corrected chi connectivity index (χ1v) is 9.19. The maximum absolute atomic E-state index is 12.9. The number of methoxy groups -OCH3 is 5. The van der Waals surface area contributed by atoms with E-state index in [2.05, 4.69) is 0 Å². The van der Waals surface area contributed by atoms with E-state index in [1.165, 1.54) is 13.2 Å². The molecule has 0 aliphatic heterocycles. The number of hydrogen-bond acceptors (Lipinski definition) is 7. The lowest BCUT2D eigenvalue weighted by molar-refractivity contribution is 0.182. The summed E-state index contributed by atoms with van der Waals surface area (Å²) in [6.45, 7) is 1.99. The first-order chi connectivity index (χ1) is 13.9. The number of ether oxygens (including phenoxy) is 5. The third kappa shape index (κ3) is 3.64. The summed E-state index contributed by atoms with van der Waals surface area (Å²) in [7, 11) is 7.78. The fraction of sp³-hybridized carbons (Fsp3) is 0.409. The van der Waals surface area contributed by atoms with Gasteiger partial charge in [0.05, 0.1) is 35.5 Å². The number of rotatable bonds is 6. The molecule has 29 heavy (non-hydrogen) atoms. The molecule has 1 aromatic heterocycles. The van der Waals surface area contributed by atoms with Crippen LogP contribution in [0.5, 0.6) is 11.5 Å². The van der Waals surface area contributed by atoms with Crippen molar-refractivity contribution < 1.29 is 28.1 Å². The highest BCUT2D eigenvalue weighted by atomic mass is 16.5. The molecule has 0 saturated carbocycles. The largest absolute Gasteiger partial charge is 0.497 e. The van der Waals surface area contributed by atoms with E-state index in [1.807, 2.05) is 13.0 Å². The molecule has 156 valence electrons. The first-order valence-electron chi connectivity index (χ1n) is 9.19. The van der Waals surface area contributed by atoms with Crippen LogP contribution in [-0.4, -0.2) is 35.5 Å². The Morgan fingerprint density at radius 3 is 2.28 bits per heavy atom. The van der Waals surface area contributed by atoms with E-state index in [-0.39, 0.29) is 5.43 Å². The second kappa shape index (κ2) is 8.11. The van der Waals surface area contributed by atoms with Crippen molar-refractivity contribution in [3.8, 4) is 11.5 Å². The molecule has 1 aliphatic carbocycles. The van der Waals surface area contributed by atoms with Crippen LogP contribution in [0.15, 0.2) is 50.8 Å². The van der Waals surface area contributed by atoms with E-state index in [0.29, 0.717) is 58.3 Å². The number of hydrogen-bond donors (Lipinski definition) is 0. The molecule has 0 saturated heterocycles. The summed E-state index contributed by atoms with van der Waals surface area (Å²) >= 11 is 0. The molecule has 1 heterocycles. The van der Waals surface area contributed by atoms with Crippen molar-refractivity contribution in [2.75, 3.05) is 35.5 Å². The molecule has 0 bridgehead atoms. The summed E-state index contributed by atoms with van der Waals surface area (Å²) in [4.78, 5) is 12.9. The van der Waals surface area contributed by atoms with E-state index in [4.69, 9.17) is 28.1 Å². The Labute approximate surface area is 169 Å². The molecular weight excluding hydrogens is 376 g/mol. The highest BCUT2D eigenvalue weighted by Crippen LogP contribution is 2.40. The molecular formula is C22H26O7. The van der Waals surface area contributed by atoms with Crippen molar-refractivity contribution >= 4 is 11.0 Å². The Balaban J connectivity index is 2.21. The molecule has 3 rings (SSSR count). The van der Waals surface area contributed by atoms with Crippen molar-refractivity contribution in [1.82, 2.24) is 0 Å². The molecule has 1 aliphatic rings. The standard InChI is InChI=1S/C22H26O7/c1-22(8-7-15(25-3)21(28-6)18(12-22)27-5)19-11-14(23)20-16(26-4)9-13(24-2)10-17(20)29-19/h9-12H,7-8H2,1-6H3. The zero-order valence-corrected chi connectivity index (χ0v) is 17.6. The van der Waals surface area contributed by atoms with Gasteiger partial charge in [-0.05, 0) is 19.4 Å². The van der Waals surface area contributed by atoms with Gasteiger partial charge in [-0.15, -0.1) is 0 Å². The SMILES string of the molecule is COC1=CC(C)(c2cc(=O)c3c(OC)cc(OC)cc3o2)CCC(OC)=C1OC. The third-order valence-corrected chi connectivity index (χ3v) is 5.26. The van der Waals surface area contributed by atoms with Gasteiger partial charge >= 0.3 is 0 Å². The lowest BCUT2D eigenvalue weighted by Gasteiger charge is -2.24. The molecule has 0 radical (unpaired) electrons. The van der Waals surface area contributed by atoms with Crippen LogP contribution >= 0.6 is 0 Å². The summed E-state index contributed by atoms with van der Waals surface area (Å²) in [5, 5.41) is 0.374. The quantitative estimate of drug-likeness (QED) is 0.725. The maximum atomic E-state index is 12.9. The van der Waals surface area contributed by atoms with Crippen molar-refractivity contribution in [3.05, 3.63) is 57.5 Å². The zero-order chi connectivity index (χ0) is 21.2. The molecule has 1 aromatic carbocycles. The predicted octanol–water partition coefficient (Wildman–Crippen LogP) is 3.90.